The summed E-state index contributed by atoms with van der Waals surface area (Å²) in [5.74, 6) is 1.39. The summed E-state index contributed by atoms with van der Waals surface area (Å²) in [5.41, 5.74) is 0.748. The highest BCUT2D eigenvalue weighted by atomic mass is 35.5. The van der Waals surface area contributed by atoms with Gasteiger partial charge in [0.2, 0.25) is 5.88 Å². The van der Waals surface area contributed by atoms with E-state index in [0.29, 0.717) is 17.5 Å². The van der Waals surface area contributed by atoms with Crippen LogP contribution in [0.4, 0.5) is 0 Å². The molecule has 2 aromatic rings. The van der Waals surface area contributed by atoms with Gasteiger partial charge in [0.1, 0.15) is 17.0 Å². The molecule has 1 saturated heterocycles. The standard InChI is InChI=1S/C22H30ClN3O2/c1-21(2,3)28-20-18(24-11-12-25-20)15-26-13-9-22(4,10-14-26)16-27-19-8-6-5-7-17(19)23/h5-8,11-12H,9-10,13-16H2,1-4H3. The first-order chi connectivity index (χ1) is 13.2. The Kier molecular flexibility index (Phi) is 6.46. The molecular formula is C22H30ClN3O2. The number of benzene rings is 1. The minimum absolute atomic E-state index is 0.142. The van der Waals surface area contributed by atoms with Crippen molar-refractivity contribution in [2.45, 2.75) is 52.7 Å². The largest absolute Gasteiger partial charge is 0.491 e. The molecule has 152 valence electrons. The van der Waals surface area contributed by atoms with E-state index >= 15 is 0 Å². The van der Waals surface area contributed by atoms with Gasteiger partial charge in [-0.1, -0.05) is 30.7 Å². The minimum Gasteiger partial charge on any atom is -0.491 e. The number of hydrogen-bond acceptors (Lipinski definition) is 5. The highest BCUT2D eigenvalue weighted by Crippen LogP contribution is 2.34. The summed E-state index contributed by atoms with van der Waals surface area (Å²) in [6.45, 7) is 11.8. The third-order valence-electron chi connectivity index (χ3n) is 4.99. The molecule has 2 heterocycles. The number of halogens is 1. The molecule has 0 spiro atoms. The second-order valence-electron chi connectivity index (χ2n) is 8.83. The van der Waals surface area contributed by atoms with Crippen molar-refractivity contribution in [1.29, 1.82) is 0 Å². The number of rotatable bonds is 6. The smallest absolute Gasteiger partial charge is 0.237 e. The second-order valence-corrected chi connectivity index (χ2v) is 9.24. The minimum atomic E-state index is -0.290. The van der Waals surface area contributed by atoms with Crippen molar-refractivity contribution < 1.29 is 9.47 Å². The van der Waals surface area contributed by atoms with Crippen LogP contribution in [0.25, 0.3) is 0 Å². The highest BCUT2D eigenvalue weighted by Gasteiger charge is 2.32. The van der Waals surface area contributed by atoms with Gasteiger partial charge in [0.25, 0.3) is 0 Å². The Bertz CT molecular complexity index is 783. The maximum atomic E-state index is 6.20. The van der Waals surface area contributed by atoms with E-state index in [1.807, 2.05) is 45.0 Å². The molecule has 5 nitrogen and oxygen atoms in total. The lowest BCUT2D eigenvalue weighted by molar-refractivity contribution is 0.0630. The predicted octanol–water partition coefficient (Wildman–Crippen LogP) is 4.99. The van der Waals surface area contributed by atoms with Gasteiger partial charge in [-0.15, -0.1) is 0 Å². The quantitative estimate of drug-likeness (QED) is 0.680. The summed E-state index contributed by atoms with van der Waals surface area (Å²) >= 11 is 6.20. The molecule has 0 amide bonds. The van der Waals surface area contributed by atoms with E-state index in [9.17, 15) is 0 Å². The molecule has 3 rings (SSSR count). The number of hydrogen-bond donors (Lipinski definition) is 0. The van der Waals surface area contributed by atoms with Gasteiger partial charge in [0.15, 0.2) is 0 Å². The average molecular weight is 404 g/mol. The summed E-state index contributed by atoms with van der Waals surface area (Å²) in [4.78, 5) is 11.3. The van der Waals surface area contributed by atoms with Crippen molar-refractivity contribution in [1.82, 2.24) is 14.9 Å². The van der Waals surface area contributed by atoms with E-state index in [2.05, 4.69) is 21.8 Å². The molecule has 0 unspecified atom stereocenters. The van der Waals surface area contributed by atoms with E-state index in [1.54, 1.807) is 12.4 Å². The van der Waals surface area contributed by atoms with Crippen LogP contribution < -0.4 is 9.47 Å². The van der Waals surface area contributed by atoms with E-state index in [0.717, 1.165) is 43.9 Å². The molecular weight excluding hydrogens is 374 g/mol. The van der Waals surface area contributed by atoms with E-state index in [1.165, 1.54) is 0 Å². The van der Waals surface area contributed by atoms with Gasteiger partial charge >= 0.3 is 0 Å². The van der Waals surface area contributed by atoms with Crippen LogP contribution in [0, 0.1) is 5.41 Å². The molecule has 0 N–H and O–H groups in total. The highest BCUT2D eigenvalue weighted by molar-refractivity contribution is 6.32. The van der Waals surface area contributed by atoms with Gasteiger partial charge in [-0.25, -0.2) is 4.98 Å². The summed E-state index contributed by atoms with van der Waals surface area (Å²) in [6.07, 6.45) is 5.54. The van der Waals surface area contributed by atoms with Crippen molar-refractivity contribution in [2.75, 3.05) is 19.7 Å². The molecule has 1 aromatic heterocycles. The Labute approximate surface area is 173 Å². The van der Waals surface area contributed by atoms with Gasteiger partial charge in [0, 0.05) is 24.4 Å². The van der Waals surface area contributed by atoms with Crippen LogP contribution in [0.3, 0.4) is 0 Å². The molecule has 6 heteroatoms. The zero-order valence-electron chi connectivity index (χ0n) is 17.2. The second kappa shape index (κ2) is 8.66. The van der Waals surface area contributed by atoms with E-state index < -0.39 is 0 Å². The Hall–Kier alpha value is -1.85. The summed E-state index contributed by atoms with van der Waals surface area (Å²) < 4.78 is 12.0. The van der Waals surface area contributed by atoms with Gasteiger partial charge in [-0.2, -0.15) is 0 Å². The summed E-state index contributed by atoms with van der Waals surface area (Å²) in [7, 11) is 0. The fraction of sp³-hybridized carbons (Fsp3) is 0.545. The monoisotopic (exact) mass is 403 g/mol. The molecule has 0 radical (unpaired) electrons. The number of likely N-dealkylation sites (tertiary alicyclic amines) is 1. The third kappa shape index (κ3) is 5.82. The molecule has 1 aromatic carbocycles. The maximum Gasteiger partial charge on any atom is 0.237 e. The lowest BCUT2D eigenvalue weighted by Gasteiger charge is -2.39. The van der Waals surface area contributed by atoms with Crippen molar-refractivity contribution in [2.24, 2.45) is 5.41 Å². The number of nitrogens with zero attached hydrogens (tertiary/aromatic N) is 3. The lowest BCUT2D eigenvalue weighted by atomic mass is 9.81. The Morgan fingerprint density at radius 1 is 1.11 bits per heavy atom. The average Bonchev–Trinajstić information content (AvgIpc) is 2.64. The topological polar surface area (TPSA) is 47.5 Å². The number of para-hydroxylation sites is 1. The molecule has 0 aliphatic carbocycles. The van der Waals surface area contributed by atoms with Crippen LogP contribution in [0.5, 0.6) is 11.6 Å². The fourth-order valence-electron chi connectivity index (χ4n) is 3.26. The van der Waals surface area contributed by atoms with Crippen molar-refractivity contribution >= 4 is 11.6 Å². The van der Waals surface area contributed by atoms with Crippen LogP contribution in [0.2, 0.25) is 5.02 Å². The first kappa shape index (κ1) is 20.9. The van der Waals surface area contributed by atoms with E-state index in [-0.39, 0.29) is 11.0 Å². The predicted molar refractivity (Wildman–Crippen MR) is 112 cm³/mol. The zero-order valence-corrected chi connectivity index (χ0v) is 18.0. The molecule has 1 aliphatic heterocycles. The lowest BCUT2D eigenvalue weighted by Crippen LogP contribution is -2.41. The van der Waals surface area contributed by atoms with Crippen LogP contribution in [0.1, 0.15) is 46.2 Å². The summed E-state index contributed by atoms with van der Waals surface area (Å²) in [5, 5.41) is 0.664. The number of piperidine rings is 1. The van der Waals surface area contributed by atoms with Crippen molar-refractivity contribution in [3.8, 4) is 11.6 Å². The number of aromatic nitrogens is 2. The normalized spacial score (nSPS) is 17.3. The van der Waals surface area contributed by atoms with Gasteiger partial charge < -0.3 is 9.47 Å². The third-order valence-corrected chi connectivity index (χ3v) is 5.30. The summed E-state index contributed by atoms with van der Waals surface area (Å²) in [6, 6.07) is 7.65. The molecule has 1 fully saturated rings. The molecule has 1 aliphatic rings. The van der Waals surface area contributed by atoms with E-state index in [4.69, 9.17) is 21.1 Å². The van der Waals surface area contributed by atoms with Crippen molar-refractivity contribution in [3.05, 3.63) is 47.4 Å². The Balaban J connectivity index is 1.55. The molecule has 0 saturated carbocycles. The molecule has 28 heavy (non-hydrogen) atoms. The SMILES string of the molecule is CC1(COc2ccccc2Cl)CCN(Cc2nccnc2OC(C)(C)C)CC1. The Morgan fingerprint density at radius 3 is 2.46 bits per heavy atom. The fourth-order valence-corrected chi connectivity index (χ4v) is 3.45. The van der Waals surface area contributed by atoms with Crippen LogP contribution in [0.15, 0.2) is 36.7 Å². The maximum absolute atomic E-state index is 6.20. The van der Waals surface area contributed by atoms with Gasteiger partial charge in [-0.3, -0.25) is 9.88 Å². The van der Waals surface area contributed by atoms with Crippen LogP contribution in [-0.4, -0.2) is 40.2 Å². The van der Waals surface area contributed by atoms with Crippen LogP contribution >= 0.6 is 11.6 Å². The Morgan fingerprint density at radius 2 is 1.79 bits per heavy atom. The van der Waals surface area contributed by atoms with Gasteiger partial charge in [-0.05, 0) is 58.8 Å². The number of ether oxygens (including phenoxy) is 2. The molecule has 0 bridgehead atoms. The zero-order chi connectivity index (χ0) is 20.2. The first-order valence-electron chi connectivity index (χ1n) is 9.83. The van der Waals surface area contributed by atoms with Crippen LogP contribution in [-0.2, 0) is 6.54 Å². The van der Waals surface area contributed by atoms with Gasteiger partial charge in [0.05, 0.1) is 11.6 Å². The molecule has 0 atom stereocenters. The van der Waals surface area contributed by atoms with Crippen molar-refractivity contribution in [3.63, 3.8) is 0 Å². The first-order valence-corrected chi connectivity index (χ1v) is 10.2.